The average Bonchev–Trinajstić information content (AvgIpc) is 2.99. The third kappa shape index (κ3) is 7.96. The van der Waals surface area contributed by atoms with Crippen LogP contribution in [-0.4, -0.2) is 14.2 Å². The van der Waals surface area contributed by atoms with Crippen molar-refractivity contribution in [1.29, 1.82) is 10.5 Å². The van der Waals surface area contributed by atoms with Gasteiger partial charge in [-0.1, -0.05) is 92.4 Å². The molecular weight excluding hydrogens is 480 g/mol. The molecule has 0 bridgehead atoms. The van der Waals surface area contributed by atoms with Crippen molar-refractivity contribution >= 4 is 11.1 Å². The molecule has 0 aliphatic rings. The van der Waals surface area contributed by atoms with Crippen molar-refractivity contribution in [3.8, 4) is 23.6 Å². The van der Waals surface area contributed by atoms with Crippen LogP contribution in [0.2, 0.25) is 0 Å². The van der Waals surface area contributed by atoms with E-state index in [-0.39, 0.29) is 7.43 Å². The van der Waals surface area contributed by atoms with Crippen molar-refractivity contribution in [2.24, 2.45) is 0 Å². The van der Waals surface area contributed by atoms with Crippen LogP contribution in [0.3, 0.4) is 0 Å². The quantitative estimate of drug-likeness (QED) is 0.241. The molecule has 4 aromatic rings. The summed E-state index contributed by atoms with van der Waals surface area (Å²) < 4.78 is 10.3. The summed E-state index contributed by atoms with van der Waals surface area (Å²) in [6.45, 7) is 3.68. The Morgan fingerprint density at radius 3 is 1.03 bits per heavy atom. The van der Waals surface area contributed by atoms with E-state index in [1.165, 1.54) is 0 Å². The van der Waals surface area contributed by atoms with E-state index in [4.69, 9.17) is 9.47 Å². The van der Waals surface area contributed by atoms with Crippen LogP contribution in [0, 0.1) is 22.7 Å². The standard InChI is InChI=1S/2C17H15NO.CH4/c2*1-13(12-18)17(14-6-4-3-5-7-14)15-8-10-16(19-2)11-9-15;/h2*3-11H,1-2H3;1H4/b17-13+;17-13-;. The van der Waals surface area contributed by atoms with Gasteiger partial charge in [-0.05, 0) is 60.4 Å². The van der Waals surface area contributed by atoms with E-state index in [2.05, 4.69) is 12.1 Å². The molecule has 0 unspecified atom stereocenters. The van der Waals surface area contributed by atoms with E-state index >= 15 is 0 Å². The third-order valence-electron chi connectivity index (χ3n) is 5.97. The summed E-state index contributed by atoms with van der Waals surface area (Å²) in [5.41, 5.74) is 7.47. The van der Waals surface area contributed by atoms with Crippen LogP contribution in [-0.2, 0) is 0 Å². The van der Waals surface area contributed by atoms with Crippen molar-refractivity contribution in [1.82, 2.24) is 0 Å². The van der Waals surface area contributed by atoms with Gasteiger partial charge >= 0.3 is 0 Å². The Morgan fingerprint density at radius 1 is 0.487 bits per heavy atom. The SMILES string of the molecule is C.COc1ccc(/C(=C(/C)C#N)c2ccccc2)cc1.COc1ccc(/C(=C(\C)C#N)c2ccccc2)cc1. The van der Waals surface area contributed by atoms with E-state index in [0.717, 1.165) is 44.9 Å². The number of hydrogen-bond donors (Lipinski definition) is 0. The molecule has 4 rings (SSSR count). The Bertz CT molecular complexity index is 1350. The number of rotatable bonds is 6. The molecule has 0 aliphatic heterocycles. The van der Waals surface area contributed by atoms with Gasteiger partial charge in [0.1, 0.15) is 11.5 Å². The molecule has 0 saturated carbocycles. The summed E-state index contributed by atoms with van der Waals surface area (Å²) in [6.07, 6.45) is 0. The molecule has 0 atom stereocenters. The minimum absolute atomic E-state index is 0. The first-order valence-electron chi connectivity index (χ1n) is 12.1. The zero-order chi connectivity index (χ0) is 27.3. The molecule has 4 nitrogen and oxygen atoms in total. The first-order valence-corrected chi connectivity index (χ1v) is 12.1. The fourth-order valence-corrected chi connectivity index (χ4v) is 4.04. The molecule has 0 amide bonds. The molecule has 0 spiro atoms. The summed E-state index contributed by atoms with van der Waals surface area (Å²) >= 11 is 0. The highest BCUT2D eigenvalue weighted by atomic mass is 16.5. The number of hydrogen-bond acceptors (Lipinski definition) is 4. The Kier molecular flexibility index (Phi) is 11.8. The van der Waals surface area contributed by atoms with Gasteiger partial charge in [0.15, 0.2) is 0 Å². The molecule has 39 heavy (non-hydrogen) atoms. The lowest BCUT2D eigenvalue weighted by Crippen LogP contribution is -1.92. The lowest BCUT2D eigenvalue weighted by atomic mass is 9.94. The molecule has 0 aliphatic carbocycles. The van der Waals surface area contributed by atoms with Crippen molar-refractivity contribution in [2.75, 3.05) is 14.2 Å². The first kappa shape index (κ1) is 30.2. The normalized spacial score (nSPS) is 11.1. The fraction of sp³-hybridized carbons (Fsp3) is 0.143. The van der Waals surface area contributed by atoms with Crippen molar-refractivity contribution < 1.29 is 9.47 Å². The molecule has 4 heteroatoms. The van der Waals surface area contributed by atoms with E-state index in [9.17, 15) is 10.5 Å². The number of ether oxygens (including phenoxy) is 2. The second kappa shape index (κ2) is 15.3. The van der Waals surface area contributed by atoms with Crippen LogP contribution in [0.5, 0.6) is 11.5 Å². The van der Waals surface area contributed by atoms with Gasteiger partial charge in [0.05, 0.1) is 26.4 Å². The summed E-state index contributed by atoms with van der Waals surface area (Å²) in [6, 6.07) is 39.9. The summed E-state index contributed by atoms with van der Waals surface area (Å²) in [5, 5.41) is 18.4. The highest BCUT2D eigenvalue weighted by Crippen LogP contribution is 2.29. The predicted octanol–water partition coefficient (Wildman–Crippen LogP) is 8.72. The van der Waals surface area contributed by atoms with Crippen molar-refractivity contribution in [3.63, 3.8) is 0 Å². The summed E-state index contributed by atoms with van der Waals surface area (Å²) in [7, 11) is 3.28. The number of benzene rings is 4. The second-order valence-electron chi connectivity index (χ2n) is 8.41. The number of nitrogens with zero attached hydrogens (tertiary/aromatic N) is 2. The highest BCUT2D eigenvalue weighted by Gasteiger charge is 2.10. The van der Waals surface area contributed by atoms with Crippen LogP contribution in [0.1, 0.15) is 43.5 Å². The largest absolute Gasteiger partial charge is 0.497 e. The van der Waals surface area contributed by atoms with Gasteiger partial charge in [0.2, 0.25) is 0 Å². The Hall–Kier alpha value is -5.06. The molecule has 0 heterocycles. The minimum Gasteiger partial charge on any atom is -0.497 e. The zero-order valence-corrected chi connectivity index (χ0v) is 22.1. The molecule has 0 fully saturated rings. The van der Waals surface area contributed by atoms with Crippen molar-refractivity contribution in [3.05, 3.63) is 143 Å². The fourth-order valence-electron chi connectivity index (χ4n) is 4.04. The molecule has 0 aromatic heterocycles. The summed E-state index contributed by atoms with van der Waals surface area (Å²) in [5.74, 6) is 1.62. The average molecular weight is 515 g/mol. The zero-order valence-electron chi connectivity index (χ0n) is 22.1. The van der Waals surface area contributed by atoms with Crippen LogP contribution >= 0.6 is 0 Å². The smallest absolute Gasteiger partial charge is 0.118 e. The predicted molar refractivity (Wildman–Crippen MR) is 160 cm³/mol. The van der Waals surface area contributed by atoms with E-state index in [1.54, 1.807) is 14.2 Å². The van der Waals surface area contributed by atoms with Gasteiger partial charge in [-0.15, -0.1) is 0 Å². The van der Waals surface area contributed by atoms with Crippen LogP contribution in [0.4, 0.5) is 0 Å². The molecule has 196 valence electrons. The maximum Gasteiger partial charge on any atom is 0.118 e. The highest BCUT2D eigenvalue weighted by molar-refractivity contribution is 5.84. The molecule has 0 radical (unpaired) electrons. The number of allylic oxidation sites excluding steroid dienone is 2. The number of methoxy groups -OCH3 is 2. The maximum atomic E-state index is 9.20. The second-order valence-corrected chi connectivity index (χ2v) is 8.41. The van der Waals surface area contributed by atoms with Gasteiger partial charge in [0, 0.05) is 22.3 Å². The first-order chi connectivity index (χ1) is 18.5. The molecule has 0 N–H and O–H groups in total. The van der Waals surface area contributed by atoms with Crippen LogP contribution in [0.15, 0.2) is 120 Å². The van der Waals surface area contributed by atoms with E-state index in [0.29, 0.717) is 11.1 Å². The van der Waals surface area contributed by atoms with Gasteiger partial charge in [-0.25, -0.2) is 0 Å². The lowest BCUT2D eigenvalue weighted by molar-refractivity contribution is 0.414. The Morgan fingerprint density at radius 2 is 0.769 bits per heavy atom. The molecule has 0 saturated heterocycles. The van der Waals surface area contributed by atoms with Crippen molar-refractivity contribution in [2.45, 2.75) is 21.3 Å². The topological polar surface area (TPSA) is 66.0 Å². The minimum atomic E-state index is 0. The van der Waals surface area contributed by atoms with Gasteiger partial charge in [-0.2, -0.15) is 10.5 Å². The van der Waals surface area contributed by atoms with E-state index in [1.807, 2.05) is 123 Å². The Labute approximate surface area is 232 Å². The van der Waals surface area contributed by atoms with Gasteiger partial charge in [-0.3, -0.25) is 0 Å². The van der Waals surface area contributed by atoms with E-state index < -0.39 is 0 Å². The maximum absolute atomic E-state index is 9.20. The van der Waals surface area contributed by atoms with Crippen LogP contribution < -0.4 is 9.47 Å². The summed E-state index contributed by atoms with van der Waals surface area (Å²) in [4.78, 5) is 0. The Balaban J connectivity index is 0.000000267. The number of nitriles is 2. The lowest BCUT2D eigenvalue weighted by Gasteiger charge is -2.10. The van der Waals surface area contributed by atoms with Gasteiger partial charge < -0.3 is 9.47 Å². The van der Waals surface area contributed by atoms with Crippen LogP contribution in [0.25, 0.3) is 11.1 Å². The monoisotopic (exact) mass is 514 g/mol. The molecule has 4 aromatic carbocycles. The third-order valence-corrected chi connectivity index (χ3v) is 5.97. The molecular formula is C35H34N2O2. The van der Waals surface area contributed by atoms with Gasteiger partial charge in [0.25, 0.3) is 0 Å².